The summed E-state index contributed by atoms with van der Waals surface area (Å²) in [5.74, 6) is 0. The van der Waals surface area contributed by atoms with Gasteiger partial charge in [0.25, 0.3) is 0 Å². The molecule has 1 aliphatic heterocycles. The van der Waals surface area contributed by atoms with Crippen LogP contribution in [0.1, 0.15) is 96.7 Å². The van der Waals surface area contributed by atoms with E-state index in [0.717, 1.165) is 11.2 Å². The zero-order valence-corrected chi connectivity index (χ0v) is 31.9. The standard InChI is InChI=1S/C25H33N2.C7H6.C6H13P.2ClH.Ru/c1-16-11-18(3)24(19(4)12-16)26-15-27(23-10-8-7-9-22(23)26)25-20(5)13-17(2)14-21(25)6;1-7-5-3-2-4-6-7;7-6-4-2-1-3-5-6;;;/h11-15,22-23H,7-10H2,1-6H3;1-6H;6H,1-5,7H2;2*1H;/q-1;;;;;+2/p-2/t22-,23-;;;;;/m1...../s1. The van der Waals surface area contributed by atoms with E-state index in [-0.39, 0.29) is 0 Å². The second kappa shape index (κ2) is 17.1. The molecular weight excluding hydrogens is 687 g/mol. The van der Waals surface area contributed by atoms with Crippen molar-refractivity contribution >= 4 is 44.6 Å². The molecule has 3 aromatic rings. The van der Waals surface area contributed by atoms with Crippen LogP contribution in [0, 0.1) is 48.2 Å². The van der Waals surface area contributed by atoms with Crippen LogP contribution in [-0.2, 0) is 13.5 Å². The number of nitrogens with zero attached hydrogens (tertiary/aromatic N) is 2. The summed E-state index contributed by atoms with van der Waals surface area (Å²) in [6, 6.07) is 20.4. The second-order valence-corrected chi connectivity index (χ2v) is 19.6. The number of rotatable bonds is 3. The van der Waals surface area contributed by atoms with Crippen molar-refractivity contribution in [2.75, 3.05) is 9.80 Å². The third-order valence-corrected chi connectivity index (χ3v) is 11.6. The van der Waals surface area contributed by atoms with Gasteiger partial charge < -0.3 is 9.80 Å². The van der Waals surface area contributed by atoms with Gasteiger partial charge in [0, 0.05) is 23.5 Å². The number of benzene rings is 3. The molecule has 1 heterocycles. The van der Waals surface area contributed by atoms with Crippen LogP contribution in [-0.4, -0.2) is 22.4 Å². The Bertz CT molecular complexity index is 1280. The summed E-state index contributed by atoms with van der Waals surface area (Å²) in [4.78, 5) is 5.21. The third kappa shape index (κ3) is 9.64. The zero-order chi connectivity index (χ0) is 31.8. The second-order valence-electron chi connectivity index (χ2n) is 13.0. The molecule has 0 aromatic heterocycles. The van der Waals surface area contributed by atoms with E-state index >= 15 is 0 Å². The number of aryl methyl sites for hydroxylation is 6. The Labute approximate surface area is 283 Å². The Morgan fingerprint density at radius 1 is 0.659 bits per heavy atom. The molecule has 3 aliphatic rings. The first-order valence-electron chi connectivity index (χ1n) is 16.3. The van der Waals surface area contributed by atoms with E-state index in [1.54, 1.807) is 0 Å². The maximum absolute atomic E-state index is 5.67. The van der Waals surface area contributed by atoms with Crippen molar-refractivity contribution in [3.05, 3.63) is 100 Å². The Hall–Kier alpha value is -1.24. The Balaban J connectivity index is 0.000000211. The van der Waals surface area contributed by atoms with Crippen molar-refractivity contribution < 1.29 is 13.5 Å². The summed E-state index contributed by atoms with van der Waals surface area (Å²) >= 11 is -1.61. The first kappa shape index (κ1) is 35.6. The molecule has 2 saturated carbocycles. The summed E-state index contributed by atoms with van der Waals surface area (Å²) in [7, 11) is 14.2. The van der Waals surface area contributed by atoms with Gasteiger partial charge in [0.15, 0.2) is 0 Å². The van der Waals surface area contributed by atoms with Crippen LogP contribution in [0.25, 0.3) is 0 Å². The third-order valence-electron chi connectivity index (χ3n) is 9.09. The van der Waals surface area contributed by atoms with Gasteiger partial charge in [-0.25, -0.2) is 0 Å². The average Bonchev–Trinajstić information content (AvgIpc) is 3.32. The first-order chi connectivity index (χ1) is 21.0. The molecule has 3 fully saturated rings. The number of fused-ring (bicyclic) bond motifs is 1. The van der Waals surface area contributed by atoms with E-state index in [1.165, 1.54) is 103 Å². The number of halogens is 2. The molecule has 2 aliphatic carbocycles. The molecule has 3 aromatic carbocycles. The molecule has 1 saturated heterocycles. The van der Waals surface area contributed by atoms with Crippen LogP contribution in [0.3, 0.4) is 0 Å². The quantitative estimate of drug-likeness (QED) is 0.150. The predicted octanol–water partition coefficient (Wildman–Crippen LogP) is 11.3. The van der Waals surface area contributed by atoms with Crippen molar-refractivity contribution in [2.45, 2.75) is 117 Å². The summed E-state index contributed by atoms with van der Waals surface area (Å²) in [5, 5.41) is 0. The van der Waals surface area contributed by atoms with E-state index in [4.69, 9.17) is 19.4 Å². The fourth-order valence-corrected chi connectivity index (χ4v) is 9.69. The van der Waals surface area contributed by atoms with Crippen LogP contribution in [0.15, 0.2) is 54.6 Å². The molecule has 3 atom stereocenters. The van der Waals surface area contributed by atoms with Gasteiger partial charge in [-0.2, -0.15) is 6.67 Å². The van der Waals surface area contributed by atoms with E-state index in [1.807, 2.05) is 34.9 Å². The molecule has 242 valence electrons. The maximum atomic E-state index is 5.67. The predicted molar refractivity (Wildman–Crippen MR) is 197 cm³/mol. The van der Waals surface area contributed by atoms with Gasteiger partial charge in [-0.05, 0) is 95.1 Å². The first-order valence-corrected chi connectivity index (χ1v) is 22.4. The molecule has 6 heteroatoms. The van der Waals surface area contributed by atoms with E-state index in [9.17, 15) is 0 Å². The molecule has 44 heavy (non-hydrogen) atoms. The van der Waals surface area contributed by atoms with Crippen molar-refractivity contribution in [2.24, 2.45) is 0 Å². The van der Waals surface area contributed by atoms with Gasteiger partial charge in [0.05, 0.1) is 0 Å². The van der Waals surface area contributed by atoms with Crippen molar-refractivity contribution in [3.8, 4) is 0 Å². The summed E-state index contributed by atoms with van der Waals surface area (Å²) in [6.45, 7) is 15.9. The van der Waals surface area contributed by atoms with Crippen LogP contribution in [0.5, 0.6) is 0 Å². The van der Waals surface area contributed by atoms with Gasteiger partial charge in [-0.15, -0.1) is 9.24 Å². The van der Waals surface area contributed by atoms with Crippen molar-refractivity contribution in [1.29, 1.82) is 0 Å². The number of hydrogen-bond acceptors (Lipinski definition) is 2. The number of anilines is 2. The summed E-state index contributed by atoms with van der Waals surface area (Å²) in [6.07, 6.45) is 12.6. The molecule has 0 amide bonds. The minimum atomic E-state index is -1.61. The molecule has 0 spiro atoms. The van der Waals surface area contributed by atoms with E-state index < -0.39 is 13.5 Å². The van der Waals surface area contributed by atoms with Crippen LogP contribution >= 0.6 is 28.6 Å². The van der Waals surface area contributed by atoms with Gasteiger partial charge in [-0.3, -0.25) is 0 Å². The normalized spacial score (nSPS) is 20.2. The SMILES string of the molecule is Cc1cc(C)c(N2[CH-]N(c3c(C)cc(C)cc3C)[C@@H]3CCCC[C@H]32)c(C)c1.PC1CCCCC1.[Cl][Ru]([Cl])=[CH]c1ccccc1. The van der Waals surface area contributed by atoms with Gasteiger partial charge in [0.2, 0.25) is 0 Å². The van der Waals surface area contributed by atoms with Crippen LogP contribution < -0.4 is 9.80 Å². The Kier molecular flexibility index (Phi) is 13.8. The van der Waals surface area contributed by atoms with E-state index in [0.29, 0.717) is 12.1 Å². The molecule has 2 nitrogen and oxygen atoms in total. The summed E-state index contributed by atoms with van der Waals surface area (Å²) in [5.41, 5.74) is 13.2. The number of hydrogen-bond donors (Lipinski definition) is 0. The monoisotopic (exact) mass is 739 g/mol. The Morgan fingerprint density at radius 2 is 1.07 bits per heavy atom. The van der Waals surface area contributed by atoms with Crippen molar-refractivity contribution in [3.63, 3.8) is 0 Å². The van der Waals surface area contributed by atoms with Crippen molar-refractivity contribution in [1.82, 2.24) is 0 Å². The van der Waals surface area contributed by atoms with Crippen LogP contribution in [0.4, 0.5) is 11.4 Å². The molecule has 0 radical (unpaired) electrons. The molecular formula is C38H52Cl2N2PRu-. The summed E-state index contributed by atoms with van der Waals surface area (Å²) < 4.78 is 1.92. The molecule has 6 rings (SSSR count). The molecule has 0 N–H and O–H groups in total. The average molecular weight is 740 g/mol. The van der Waals surface area contributed by atoms with Gasteiger partial charge >= 0.3 is 73.4 Å². The van der Waals surface area contributed by atoms with Gasteiger partial charge in [0.1, 0.15) is 0 Å². The zero-order valence-electron chi connectivity index (χ0n) is 27.5. The Morgan fingerprint density at radius 3 is 1.43 bits per heavy atom. The minimum absolute atomic E-state index is 0.582. The topological polar surface area (TPSA) is 6.48 Å². The fraction of sp³-hybridized carbons (Fsp3) is 0.474. The van der Waals surface area contributed by atoms with Crippen LogP contribution in [0.2, 0.25) is 0 Å². The molecule has 0 bridgehead atoms. The fourth-order valence-electron chi connectivity index (χ4n) is 7.40. The van der Waals surface area contributed by atoms with E-state index in [2.05, 4.69) is 91.5 Å². The van der Waals surface area contributed by atoms with Gasteiger partial charge in [-0.1, -0.05) is 67.5 Å². The molecule has 1 unspecified atom stereocenters.